The van der Waals surface area contributed by atoms with Crippen molar-refractivity contribution >= 4 is 17.2 Å². The summed E-state index contributed by atoms with van der Waals surface area (Å²) in [5.41, 5.74) is 2.29. The fourth-order valence-corrected chi connectivity index (χ4v) is 4.04. The van der Waals surface area contributed by atoms with Crippen LogP contribution in [0.5, 0.6) is 0 Å². The molecule has 2 aromatic rings. The van der Waals surface area contributed by atoms with Crippen LogP contribution in [0.1, 0.15) is 31.4 Å². The molecule has 134 valence electrons. The van der Waals surface area contributed by atoms with Gasteiger partial charge in [-0.2, -0.15) is 11.3 Å². The van der Waals surface area contributed by atoms with Crippen LogP contribution in [0.2, 0.25) is 0 Å². The van der Waals surface area contributed by atoms with Crippen LogP contribution < -0.4 is 0 Å². The quantitative estimate of drug-likeness (QED) is 0.800. The molecule has 0 bridgehead atoms. The minimum absolute atomic E-state index is 0.165. The highest BCUT2D eigenvalue weighted by Gasteiger charge is 2.31. The van der Waals surface area contributed by atoms with Gasteiger partial charge in [-0.1, -0.05) is 26.0 Å². The van der Waals surface area contributed by atoms with Gasteiger partial charge in [0.1, 0.15) is 5.82 Å². The molecule has 1 aromatic heterocycles. The van der Waals surface area contributed by atoms with Crippen molar-refractivity contribution in [3.63, 3.8) is 0 Å². The molecule has 0 N–H and O–H groups in total. The molecule has 0 radical (unpaired) electrons. The first-order valence-corrected chi connectivity index (χ1v) is 9.74. The van der Waals surface area contributed by atoms with Crippen molar-refractivity contribution in [1.82, 2.24) is 9.80 Å². The number of nitrogens with zero attached hydrogens (tertiary/aromatic N) is 2. The fraction of sp³-hybridized carbons (Fsp3) is 0.450. The number of hydrogen-bond donors (Lipinski definition) is 0. The number of hydrogen-bond acceptors (Lipinski definition) is 3. The molecule has 0 spiro atoms. The number of benzene rings is 1. The van der Waals surface area contributed by atoms with Gasteiger partial charge in [-0.15, -0.1) is 0 Å². The highest BCUT2D eigenvalue weighted by molar-refractivity contribution is 7.07. The Morgan fingerprint density at radius 3 is 2.56 bits per heavy atom. The van der Waals surface area contributed by atoms with Gasteiger partial charge in [0.25, 0.3) is 0 Å². The Kier molecular flexibility index (Phi) is 5.86. The van der Waals surface area contributed by atoms with Crippen molar-refractivity contribution in [2.75, 3.05) is 13.1 Å². The zero-order valence-electron chi connectivity index (χ0n) is 14.8. The molecule has 3 nitrogen and oxygen atoms in total. The molecule has 0 aliphatic carbocycles. The summed E-state index contributed by atoms with van der Waals surface area (Å²) in [6.45, 7) is 7.45. The number of carbonyl (C=O) groups excluding carboxylic acids is 1. The molecule has 2 heterocycles. The molecule has 1 amide bonds. The molecule has 5 heteroatoms. The van der Waals surface area contributed by atoms with E-state index >= 15 is 0 Å². The lowest BCUT2D eigenvalue weighted by Gasteiger charge is -2.35. The second-order valence-corrected chi connectivity index (χ2v) is 7.86. The topological polar surface area (TPSA) is 23.6 Å². The van der Waals surface area contributed by atoms with Gasteiger partial charge in [0.2, 0.25) is 5.91 Å². The third-order valence-electron chi connectivity index (χ3n) is 4.83. The normalized spacial score (nSPS) is 19.4. The van der Waals surface area contributed by atoms with Crippen LogP contribution in [-0.4, -0.2) is 34.8 Å². The van der Waals surface area contributed by atoms with Crippen LogP contribution in [0.3, 0.4) is 0 Å². The highest BCUT2D eigenvalue weighted by Crippen LogP contribution is 2.22. The summed E-state index contributed by atoms with van der Waals surface area (Å²) >= 11 is 1.71. The molecule has 1 aliphatic rings. The zero-order valence-corrected chi connectivity index (χ0v) is 15.6. The van der Waals surface area contributed by atoms with Crippen molar-refractivity contribution in [1.29, 1.82) is 0 Å². The lowest BCUT2D eigenvalue weighted by atomic mass is 10.0. The molecule has 1 saturated heterocycles. The lowest BCUT2D eigenvalue weighted by Crippen LogP contribution is -2.45. The van der Waals surface area contributed by atoms with E-state index in [1.165, 1.54) is 17.7 Å². The Bertz CT molecular complexity index is 684. The molecule has 1 aliphatic heterocycles. The van der Waals surface area contributed by atoms with Crippen molar-refractivity contribution in [3.8, 4) is 0 Å². The molecule has 3 rings (SSSR count). The average molecular weight is 360 g/mol. The van der Waals surface area contributed by atoms with Crippen LogP contribution in [0.15, 0.2) is 41.1 Å². The largest absolute Gasteiger partial charge is 0.334 e. The summed E-state index contributed by atoms with van der Waals surface area (Å²) in [6.07, 6.45) is 0.536. The van der Waals surface area contributed by atoms with Crippen LogP contribution in [0.4, 0.5) is 4.39 Å². The van der Waals surface area contributed by atoms with Crippen molar-refractivity contribution in [2.45, 2.75) is 39.4 Å². The highest BCUT2D eigenvalue weighted by atomic mass is 32.1. The number of thiophene rings is 1. The molecule has 1 unspecified atom stereocenters. The third-order valence-corrected chi connectivity index (χ3v) is 5.56. The van der Waals surface area contributed by atoms with E-state index < -0.39 is 0 Å². The van der Waals surface area contributed by atoms with Crippen LogP contribution in [0.25, 0.3) is 0 Å². The molecule has 1 atom stereocenters. The molecule has 0 saturated carbocycles. The second kappa shape index (κ2) is 8.11. The molecular formula is C20H25FN2OS. The van der Waals surface area contributed by atoms with Gasteiger partial charge in [0.15, 0.2) is 0 Å². The van der Waals surface area contributed by atoms with Crippen molar-refractivity contribution in [2.24, 2.45) is 5.92 Å². The number of amides is 1. The Hall–Kier alpha value is -1.72. The number of rotatable bonds is 5. The van der Waals surface area contributed by atoms with Crippen LogP contribution in [0, 0.1) is 11.7 Å². The standard InChI is InChI=1S/C20H25FN2OS/c1-15(2)19-13-22(11-17-8-10-25-14-17)9-7-20(24)23(19)12-16-3-5-18(21)6-4-16/h3-6,8,10,14-15,19H,7,9,11-13H2,1-2H3. The van der Waals surface area contributed by atoms with E-state index in [9.17, 15) is 9.18 Å². The first-order valence-electron chi connectivity index (χ1n) is 8.80. The summed E-state index contributed by atoms with van der Waals surface area (Å²) in [5, 5.41) is 4.27. The summed E-state index contributed by atoms with van der Waals surface area (Å²) < 4.78 is 13.2. The predicted octanol–water partition coefficient (Wildman–Crippen LogP) is 4.15. The zero-order chi connectivity index (χ0) is 17.8. The van der Waals surface area contributed by atoms with Crippen molar-refractivity contribution < 1.29 is 9.18 Å². The van der Waals surface area contributed by atoms with Gasteiger partial charge >= 0.3 is 0 Å². The summed E-state index contributed by atoms with van der Waals surface area (Å²) in [5.74, 6) is 0.316. The molecular weight excluding hydrogens is 335 g/mol. The summed E-state index contributed by atoms with van der Waals surface area (Å²) in [6, 6.07) is 8.79. The minimum Gasteiger partial charge on any atom is -0.334 e. The smallest absolute Gasteiger partial charge is 0.224 e. The van der Waals surface area contributed by atoms with E-state index in [2.05, 4.69) is 35.6 Å². The Labute approximate surface area is 153 Å². The summed E-state index contributed by atoms with van der Waals surface area (Å²) in [4.78, 5) is 17.2. The first kappa shape index (κ1) is 18.1. The van der Waals surface area contributed by atoms with Crippen molar-refractivity contribution in [3.05, 3.63) is 58.0 Å². The van der Waals surface area contributed by atoms with Gasteiger partial charge in [-0.05, 0) is 46.0 Å². The predicted molar refractivity (Wildman–Crippen MR) is 99.8 cm³/mol. The maximum absolute atomic E-state index is 13.2. The monoisotopic (exact) mass is 360 g/mol. The number of carbonyl (C=O) groups is 1. The van der Waals surface area contributed by atoms with Crippen LogP contribution in [-0.2, 0) is 17.9 Å². The first-order chi connectivity index (χ1) is 12.0. The van der Waals surface area contributed by atoms with Crippen LogP contribution >= 0.6 is 11.3 Å². The van der Waals surface area contributed by atoms with Gasteiger partial charge in [-0.25, -0.2) is 4.39 Å². The summed E-state index contributed by atoms with van der Waals surface area (Å²) in [7, 11) is 0. The Morgan fingerprint density at radius 1 is 1.16 bits per heavy atom. The average Bonchev–Trinajstić information content (AvgIpc) is 3.04. The third kappa shape index (κ3) is 4.67. The van der Waals surface area contributed by atoms with E-state index in [1.54, 1.807) is 23.5 Å². The maximum atomic E-state index is 13.2. The lowest BCUT2D eigenvalue weighted by molar-refractivity contribution is -0.134. The fourth-order valence-electron chi connectivity index (χ4n) is 3.38. The Morgan fingerprint density at radius 2 is 1.92 bits per heavy atom. The van der Waals surface area contributed by atoms with E-state index in [0.717, 1.165) is 25.2 Å². The maximum Gasteiger partial charge on any atom is 0.224 e. The SMILES string of the molecule is CC(C)C1CN(Cc2ccsc2)CCC(=O)N1Cc1ccc(F)cc1. The van der Waals surface area contributed by atoms with E-state index in [0.29, 0.717) is 18.9 Å². The van der Waals surface area contributed by atoms with E-state index in [4.69, 9.17) is 0 Å². The Balaban J connectivity index is 1.76. The van der Waals surface area contributed by atoms with Gasteiger partial charge < -0.3 is 4.90 Å². The second-order valence-electron chi connectivity index (χ2n) is 7.08. The van der Waals surface area contributed by atoms with Gasteiger partial charge in [-0.3, -0.25) is 9.69 Å². The van der Waals surface area contributed by atoms with E-state index in [-0.39, 0.29) is 17.8 Å². The van der Waals surface area contributed by atoms with Gasteiger partial charge in [0.05, 0.1) is 0 Å². The van der Waals surface area contributed by atoms with Gasteiger partial charge in [0, 0.05) is 38.6 Å². The number of halogens is 1. The minimum atomic E-state index is -0.242. The molecule has 25 heavy (non-hydrogen) atoms. The molecule has 1 fully saturated rings. The van der Waals surface area contributed by atoms with E-state index in [1.807, 2.05) is 4.90 Å². The molecule has 1 aromatic carbocycles.